The van der Waals surface area contributed by atoms with Crippen LogP contribution in [-0.2, 0) is 22.3 Å². The van der Waals surface area contributed by atoms with E-state index in [1.165, 1.54) is 23.5 Å². The van der Waals surface area contributed by atoms with E-state index in [0.717, 1.165) is 58.8 Å². The van der Waals surface area contributed by atoms with Crippen LogP contribution in [0.2, 0.25) is 0 Å². The maximum Gasteiger partial charge on any atom is 0.416 e. The maximum atomic E-state index is 12.9. The summed E-state index contributed by atoms with van der Waals surface area (Å²) in [5.74, 6) is 0.820. The predicted octanol–water partition coefficient (Wildman–Crippen LogP) is 7.36. The predicted molar refractivity (Wildman–Crippen MR) is 128 cm³/mol. The molecule has 0 saturated carbocycles. The lowest BCUT2D eigenvalue weighted by Gasteiger charge is -2.22. The molecule has 1 fully saturated rings. The molecule has 0 bridgehead atoms. The Morgan fingerprint density at radius 1 is 1.12 bits per heavy atom. The zero-order valence-corrected chi connectivity index (χ0v) is 19.8. The second kappa shape index (κ2) is 10.7. The van der Waals surface area contributed by atoms with Crippen LogP contribution < -0.4 is 4.74 Å². The van der Waals surface area contributed by atoms with Crippen LogP contribution in [0.5, 0.6) is 5.75 Å². The molecule has 1 aromatic heterocycles. The smallest absolute Gasteiger partial charge is 0.416 e. The van der Waals surface area contributed by atoms with Gasteiger partial charge in [-0.2, -0.15) is 13.2 Å². The van der Waals surface area contributed by atoms with E-state index in [2.05, 4.69) is 0 Å². The molecule has 2 heterocycles. The van der Waals surface area contributed by atoms with Crippen molar-refractivity contribution in [3.63, 3.8) is 0 Å². The number of rotatable bonds is 7. The Morgan fingerprint density at radius 2 is 1.91 bits per heavy atom. The molecular weight excluding hydrogens is 463 g/mol. The Morgan fingerprint density at radius 3 is 2.56 bits per heavy atom. The van der Waals surface area contributed by atoms with Crippen molar-refractivity contribution in [2.24, 2.45) is 0 Å². The highest BCUT2D eigenvalue weighted by Gasteiger charge is 2.30. The average molecular weight is 490 g/mol. The Hall–Kier alpha value is -2.68. The van der Waals surface area contributed by atoms with Gasteiger partial charge in [-0.05, 0) is 67.7 Å². The molecule has 1 aliphatic rings. The molecule has 34 heavy (non-hydrogen) atoms. The highest BCUT2D eigenvalue weighted by Crippen LogP contribution is 2.34. The van der Waals surface area contributed by atoms with E-state index < -0.39 is 11.7 Å². The summed E-state index contributed by atoms with van der Waals surface area (Å²) in [6, 6.07) is 11.0. The van der Waals surface area contributed by atoms with E-state index >= 15 is 0 Å². The summed E-state index contributed by atoms with van der Waals surface area (Å²) < 4.78 is 55.8. The average Bonchev–Trinajstić information content (AvgIpc) is 3.25. The Kier molecular flexibility index (Phi) is 7.70. The summed E-state index contributed by atoms with van der Waals surface area (Å²) in [5.41, 5.74) is 2.71. The van der Waals surface area contributed by atoms with Gasteiger partial charge >= 0.3 is 6.18 Å². The van der Waals surface area contributed by atoms with Gasteiger partial charge in [-0.3, -0.25) is 0 Å². The molecule has 0 amide bonds. The fraction of sp³-hybridized carbons (Fsp3) is 0.346. The van der Waals surface area contributed by atoms with Crippen molar-refractivity contribution < 1.29 is 27.4 Å². The minimum absolute atomic E-state index is 0.258. The number of methoxy groups -OCH3 is 1. The molecule has 0 N–H and O–H groups in total. The molecule has 3 aromatic rings. The van der Waals surface area contributed by atoms with Gasteiger partial charge in [-0.15, -0.1) is 11.3 Å². The van der Waals surface area contributed by atoms with Crippen molar-refractivity contribution in [1.29, 1.82) is 0 Å². The lowest BCUT2D eigenvalue weighted by atomic mass is 10.1. The number of halogens is 3. The molecule has 1 aliphatic heterocycles. The normalized spacial score (nSPS) is 16.8. The van der Waals surface area contributed by atoms with E-state index in [9.17, 15) is 13.2 Å². The van der Waals surface area contributed by atoms with Crippen LogP contribution in [0.25, 0.3) is 22.7 Å². The van der Waals surface area contributed by atoms with Gasteiger partial charge in [0.15, 0.2) is 6.29 Å². The minimum Gasteiger partial charge on any atom is -0.496 e. The van der Waals surface area contributed by atoms with Crippen LogP contribution in [0.15, 0.2) is 42.5 Å². The number of benzene rings is 2. The number of aromatic nitrogens is 1. The van der Waals surface area contributed by atoms with Gasteiger partial charge < -0.3 is 14.2 Å². The molecule has 4 rings (SSSR count). The van der Waals surface area contributed by atoms with E-state index in [1.54, 1.807) is 7.11 Å². The fourth-order valence-electron chi connectivity index (χ4n) is 3.71. The van der Waals surface area contributed by atoms with E-state index in [-0.39, 0.29) is 12.9 Å². The number of hydrogen-bond donors (Lipinski definition) is 0. The maximum absolute atomic E-state index is 12.9. The topological polar surface area (TPSA) is 40.6 Å². The summed E-state index contributed by atoms with van der Waals surface area (Å²) >= 11 is 1.42. The molecule has 1 atom stereocenters. The molecule has 8 heteroatoms. The second-order valence-corrected chi connectivity index (χ2v) is 9.11. The number of thiazole rings is 1. The second-order valence-electron chi connectivity index (χ2n) is 8.07. The molecule has 180 valence electrons. The molecule has 0 spiro atoms. The summed E-state index contributed by atoms with van der Waals surface area (Å²) in [6.07, 6.45) is 2.25. The first-order chi connectivity index (χ1) is 16.3. The molecule has 1 unspecified atom stereocenters. The van der Waals surface area contributed by atoms with Crippen LogP contribution in [0, 0.1) is 6.92 Å². The van der Waals surface area contributed by atoms with Gasteiger partial charge in [0.1, 0.15) is 10.8 Å². The van der Waals surface area contributed by atoms with Gasteiger partial charge in [0, 0.05) is 12.2 Å². The highest BCUT2D eigenvalue weighted by molar-refractivity contribution is 7.16. The summed E-state index contributed by atoms with van der Waals surface area (Å²) in [4.78, 5) is 5.59. The minimum atomic E-state index is -4.37. The Labute approximate surface area is 201 Å². The van der Waals surface area contributed by atoms with Gasteiger partial charge in [0.2, 0.25) is 0 Å². The van der Waals surface area contributed by atoms with Gasteiger partial charge in [0.05, 0.1) is 29.9 Å². The third kappa shape index (κ3) is 6.05. The van der Waals surface area contributed by atoms with Crippen LogP contribution in [-0.4, -0.2) is 25.0 Å². The third-order valence-electron chi connectivity index (χ3n) is 5.58. The number of alkyl halides is 3. The van der Waals surface area contributed by atoms with E-state index in [1.807, 2.05) is 37.3 Å². The molecular formula is C26H26F3NO3S. The Bertz CT molecular complexity index is 1130. The third-order valence-corrected chi connectivity index (χ3v) is 6.69. The van der Waals surface area contributed by atoms with Crippen LogP contribution in [0.3, 0.4) is 0 Å². The van der Waals surface area contributed by atoms with Crippen molar-refractivity contribution in [3.05, 3.63) is 69.7 Å². The van der Waals surface area contributed by atoms with E-state index in [4.69, 9.17) is 19.2 Å². The molecule has 4 nitrogen and oxygen atoms in total. The standard InChI is InChI=1S/C26H26F3NO3S/c1-17-15-18(6-12-22(17)31-2)7-13-23-21(16-33-24-5-3-4-14-32-24)30-25(34-23)19-8-10-20(11-9-19)26(27,28)29/h6-13,15,24H,3-5,14,16H2,1-2H3. The zero-order valence-electron chi connectivity index (χ0n) is 19.0. The molecule has 0 aliphatic carbocycles. The van der Waals surface area contributed by atoms with Gasteiger partial charge in [-0.25, -0.2) is 4.98 Å². The summed E-state index contributed by atoms with van der Waals surface area (Å²) in [7, 11) is 1.64. The summed E-state index contributed by atoms with van der Waals surface area (Å²) in [5, 5.41) is 0.641. The van der Waals surface area contributed by atoms with Crippen LogP contribution >= 0.6 is 11.3 Å². The van der Waals surface area contributed by atoms with Crippen molar-refractivity contribution in [2.75, 3.05) is 13.7 Å². The fourth-order valence-corrected chi connectivity index (χ4v) is 4.69. The SMILES string of the molecule is COc1ccc(C=Cc2sc(-c3ccc(C(F)(F)F)cc3)nc2COC2CCCCO2)cc1C. The van der Waals surface area contributed by atoms with Crippen LogP contribution in [0.4, 0.5) is 13.2 Å². The number of ether oxygens (including phenoxy) is 3. The number of nitrogens with zero attached hydrogens (tertiary/aromatic N) is 1. The lowest BCUT2D eigenvalue weighted by molar-refractivity contribution is -0.169. The van der Waals surface area contributed by atoms with Crippen molar-refractivity contribution >= 4 is 23.5 Å². The highest BCUT2D eigenvalue weighted by atomic mass is 32.1. The van der Waals surface area contributed by atoms with Gasteiger partial charge in [-0.1, -0.05) is 24.3 Å². The molecule has 2 aromatic carbocycles. The van der Waals surface area contributed by atoms with Crippen LogP contribution in [0.1, 0.15) is 46.5 Å². The van der Waals surface area contributed by atoms with Crippen molar-refractivity contribution in [3.8, 4) is 16.3 Å². The number of hydrogen-bond acceptors (Lipinski definition) is 5. The monoisotopic (exact) mass is 489 g/mol. The van der Waals surface area contributed by atoms with E-state index in [0.29, 0.717) is 17.2 Å². The van der Waals surface area contributed by atoms with Crippen molar-refractivity contribution in [1.82, 2.24) is 4.98 Å². The molecule has 0 radical (unpaired) electrons. The first-order valence-corrected chi connectivity index (χ1v) is 11.9. The lowest BCUT2D eigenvalue weighted by Crippen LogP contribution is -2.22. The summed E-state index contributed by atoms with van der Waals surface area (Å²) in [6.45, 7) is 2.93. The quantitative estimate of drug-likeness (QED) is 0.348. The Balaban J connectivity index is 1.60. The first kappa shape index (κ1) is 24.4. The largest absolute Gasteiger partial charge is 0.496 e. The van der Waals surface area contributed by atoms with Gasteiger partial charge in [0.25, 0.3) is 0 Å². The van der Waals surface area contributed by atoms with Crippen molar-refractivity contribution in [2.45, 2.75) is 45.3 Å². The molecule has 1 saturated heterocycles. The zero-order chi connectivity index (χ0) is 24.1. The first-order valence-electron chi connectivity index (χ1n) is 11.1. The number of aryl methyl sites for hydroxylation is 1.